The summed E-state index contributed by atoms with van der Waals surface area (Å²) in [5, 5.41) is 31.5. The van der Waals surface area contributed by atoms with E-state index in [2.05, 4.69) is 23.8 Å². The number of anilines is 1. The van der Waals surface area contributed by atoms with Gasteiger partial charge in [-0.1, -0.05) is 0 Å². The maximum atomic E-state index is 12.1. The Morgan fingerprint density at radius 1 is 1.31 bits per heavy atom. The van der Waals surface area contributed by atoms with Crippen LogP contribution < -0.4 is 40.2 Å². The fraction of sp³-hybridized carbons (Fsp3) is 0.500. The Bertz CT molecular complexity index is 1030. The molecule has 0 saturated carbocycles. The molecule has 1 aliphatic heterocycles. The second kappa shape index (κ2) is 8.84. The molecule has 3 heterocycles. The molecule has 0 aromatic carbocycles. The summed E-state index contributed by atoms with van der Waals surface area (Å²) in [6, 6.07) is 0. The maximum Gasteiger partial charge on any atom is 0.306 e. The molecule has 3 rings (SSSR count). The van der Waals surface area contributed by atoms with E-state index in [0.29, 0.717) is 0 Å². The lowest BCUT2D eigenvalue weighted by atomic mass is 10.1. The van der Waals surface area contributed by atoms with Crippen LogP contribution in [-0.4, -0.2) is 59.5 Å². The van der Waals surface area contributed by atoms with Gasteiger partial charge in [-0.15, -0.1) is 0 Å². The lowest BCUT2D eigenvalue weighted by Crippen LogP contribution is -2.47. The van der Waals surface area contributed by atoms with E-state index in [1.54, 1.807) is 0 Å². The number of phosphoric acid groups is 1. The van der Waals surface area contributed by atoms with Crippen molar-refractivity contribution in [3.8, 4) is 5.88 Å². The number of aromatic nitrogens is 4. The van der Waals surface area contributed by atoms with Crippen molar-refractivity contribution in [1.82, 2.24) is 24.4 Å². The summed E-state index contributed by atoms with van der Waals surface area (Å²) in [6.07, 6.45) is -6.08. The smallest absolute Gasteiger partial charge is 0.306 e. The highest BCUT2D eigenvalue weighted by Crippen LogP contribution is 2.59. The largest absolute Gasteiger partial charge is 0.857 e. The highest BCUT2D eigenvalue weighted by Gasteiger charge is 2.50. The van der Waals surface area contributed by atoms with Crippen LogP contribution in [0.1, 0.15) is 6.23 Å². The summed E-state index contributed by atoms with van der Waals surface area (Å²) in [4.78, 5) is 77.9. The SMILES string of the molecule is Nc1nc([O-])c2ncn([C@@H]3O[C@H](CO)[C@@H](O)[C@H]3O[P+]([O-])([O-])N[P+]([O-])([O-])OP(=O)([O-])O)c2n1. The van der Waals surface area contributed by atoms with Gasteiger partial charge in [0.25, 0.3) is 0 Å². The van der Waals surface area contributed by atoms with Gasteiger partial charge in [0.15, 0.2) is 34.2 Å². The number of hydrogen-bond donors (Lipinski definition) is 5. The predicted molar refractivity (Wildman–Crippen MR) is 88.9 cm³/mol. The molecular formula is C10H13N6O13P3-4. The van der Waals surface area contributed by atoms with E-state index in [4.69, 9.17) is 15.4 Å². The van der Waals surface area contributed by atoms with E-state index < -0.39 is 67.0 Å². The minimum Gasteiger partial charge on any atom is -0.857 e. The second-order valence-corrected chi connectivity index (χ2v) is 10.8. The molecule has 2 aromatic heterocycles. The minimum atomic E-state index is -5.96. The van der Waals surface area contributed by atoms with Gasteiger partial charge >= 0.3 is 7.82 Å². The number of nitrogens with two attached hydrogens (primary N) is 1. The van der Waals surface area contributed by atoms with Gasteiger partial charge in [0, 0.05) is 5.88 Å². The highest BCUT2D eigenvalue weighted by molar-refractivity contribution is 7.73. The van der Waals surface area contributed by atoms with Crippen LogP contribution in [0.15, 0.2) is 6.33 Å². The van der Waals surface area contributed by atoms with Crippen molar-refractivity contribution in [2.75, 3.05) is 12.3 Å². The minimum absolute atomic E-state index is 0.272. The van der Waals surface area contributed by atoms with Crippen LogP contribution in [0.3, 0.4) is 0 Å². The van der Waals surface area contributed by atoms with Crippen LogP contribution in [0, 0.1) is 0 Å². The molecule has 0 aliphatic carbocycles. The summed E-state index contributed by atoms with van der Waals surface area (Å²) in [5.74, 6) is -1.38. The molecule has 2 aromatic rings. The summed E-state index contributed by atoms with van der Waals surface area (Å²) >= 11 is 0. The number of imidazole rings is 1. The third-order valence-electron chi connectivity index (χ3n) is 3.89. The normalized spacial score (nSPS) is 26.5. The van der Waals surface area contributed by atoms with Crippen molar-refractivity contribution in [2.24, 2.45) is 0 Å². The summed E-state index contributed by atoms with van der Waals surface area (Å²) in [7, 11) is -17.7. The molecule has 1 fully saturated rings. The van der Waals surface area contributed by atoms with Crippen LogP contribution in [0.5, 0.6) is 5.88 Å². The van der Waals surface area contributed by atoms with Gasteiger partial charge in [-0.2, -0.15) is 9.29 Å². The Labute approximate surface area is 178 Å². The monoisotopic (exact) mass is 518 g/mol. The number of nitrogens with one attached hydrogen (secondary N) is 1. The van der Waals surface area contributed by atoms with Gasteiger partial charge in [0.2, 0.25) is 5.95 Å². The number of nitrogen functional groups attached to an aromatic ring is 1. The third kappa shape index (κ3) is 5.63. The zero-order valence-electron chi connectivity index (χ0n) is 15.2. The van der Waals surface area contributed by atoms with E-state index in [9.17, 15) is 44.4 Å². The Morgan fingerprint density at radius 3 is 2.56 bits per heavy atom. The molecule has 6 N–H and O–H groups in total. The van der Waals surface area contributed by atoms with E-state index in [1.807, 2.05) is 0 Å². The second-order valence-electron chi connectivity index (χ2n) is 6.16. The number of rotatable bonds is 8. The number of hydrogen-bond acceptors (Lipinski definition) is 17. The Morgan fingerprint density at radius 2 is 1.97 bits per heavy atom. The Kier molecular flexibility index (Phi) is 7.01. The molecule has 0 bridgehead atoms. The van der Waals surface area contributed by atoms with E-state index in [-0.39, 0.29) is 11.2 Å². The number of aliphatic hydroxyl groups is 2. The highest BCUT2D eigenvalue weighted by atomic mass is 31.3. The van der Waals surface area contributed by atoms with Crippen molar-refractivity contribution >= 4 is 41.1 Å². The van der Waals surface area contributed by atoms with Crippen molar-refractivity contribution in [3.63, 3.8) is 0 Å². The van der Waals surface area contributed by atoms with Crippen molar-refractivity contribution < 1.29 is 62.8 Å². The number of fused-ring (bicyclic) bond motifs is 1. The average Bonchev–Trinajstić information content (AvgIpc) is 3.13. The molecule has 32 heavy (non-hydrogen) atoms. The molecule has 180 valence electrons. The first kappa shape index (κ1) is 25.4. The van der Waals surface area contributed by atoms with Crippen LogP contribution in [0.2, 0.25) is 0 Å². The molecule has 19 nitrogen and oxygen atoms in total. The third-order valence-corrected chi connectivity index (χ3v) is 8.06. The molecule has 0 spiro atoms. The number of aliphatic hydroxyl groups excluding tert-OH is 2. The zero-order valence-corrected chi connectivity index (χ0v) is 17.9. The fourth-order valence-electron chi connectivity index (χ4n) is 2.79. The van der Waals surface area contributed by atoms with Gasteiger partial charge in [0.05, 0.1) is 12.9 Å². The Hall–Kier alpha value is -1.24. The van der Waals surface area contributed by atoms with Crippen LogP contribution in [0.25, 0.3) is 11.2 Å². The lowest BCUT2D eigenvalue weighted by Gasteiger charge is -2.43. The summed E-state index contributed by atoms with van der Waals surface area (Å²) < 4.78 is 24.7. The van der Waals surface area contributed by atoms with Crippen molar-refractivity contribution in [3.05, 3.63) is 6.33 Å². The van der Waals surface area contributed by atoms with Gasteiger partial charge < -0.3 is 55.2 Å². The first-order valence-corrected chi connectivity index (χ1v) is 12.7. The molecule has 1 unspecified atom stereocenters. The van der Waals surface area contributed by atoms with E-state index in [0.717, 1.165) is 15.8 Å². The number of ether oxygens (including phenoxy) is 1. The fourth-order valence-corrected chi connectivity index (χ4v) is 6.29. The Balaban J connectivity index is 1.92. The lowest BCUT2D eigenvalue weighted by molar-refractivity contribution is -0.358. The van der Waals surface area contributed by atoms with Crippen LogP contribution in [-0.2, 0) is 18.1 Å². The standard InChI is InChI=1S/C10H17N6O13P3/c11-10-13-7-4(8(19)14-10)12-2-16(7)9-6(5(18)3(1-17)27-9)28-30(20,21)15-31(22,23)29-32(24,25)26/h2-3,5-6,9,17-18H,1H2,(H2,24,25,26)(H3,11,13,14,19)(H3,15,20,21,22,23)/p-4/t3-,5-,6-,9-/m1/s1. The van der Waals surface area contributed by atoms with Crippen LogP contribution in [0.4, 0.5) is 5.95 Å². The average molecular weight is 518 g/mol. The molecule has 0 amide bonds. The first-order chi connectivity index (χ1) is 14.6. The maximum absolute atomic E-state index is 12.1. The zero-order chi connectivity index (χ0) is 24.1. The van der Waals surface area contributed by atoms with Gasteiger partial charge in [0.1, 0.15) is 17.7 Å². The molecule has 22 heteroatoms. The van der Waals surface area contributed by atoms with Crippen molar-refractivity contribution in [2.45, 2.75) is 24.5 Å². The number of nitrogens with zero attached hydrogens (tertiary/aromatic N) is 4. The van der Waals surface area contributed by atoms with Gasteiger partial charge in [-0.3, -0.25) is 9.13 Å². The topological polar surface area (TPSA) is 325 Å². The summed E-state index contributed by atoms with van der Waals surface area (Å²) in [5.41, 5.74) is 4.82. The molecule has 5 atom stereocenters. The van der Waals surface area contributed by atoms with Gasteiger partial charge in [-0.25, -0.2) is 14.5 Å². The predicted octanol–water partition coefficient (Wildman–Crippen LogP) is -7.02. The quantitative estimate of drug-likeness (QED) is 0.203. The molecule has 1 aliphatic rings. The molecule has 0 radical (unpaired) electrons. The van der Waals surface area contributed by atoms with Crippen molar-refractivity contribution in [1.29, 1.82) is 0 Å². The van der Waals surface area contributed by atoms with Gasteiger partial charge in [-0.05, 0) is 4.86 Å². The molecule has 1 saturated heterocycles. The first-order valence-electron chi connectivity index (χ1n) is 8.09. The van der Waals surface area contributed by atoms with E-state index >= 15 is 0 Å². The van der Waals surface area contributed by atoms with Crippen LogP contribution >= 0.6 is 24.0 Å². The van der Waals surface area contributed by atoms with E-state index in [1.165, 1.54) is 0 Å². The summed E-state index contributed by atoms with van der Waals surface area (Å²) in [6.45, 7) is -0.849. The molecular weight excluding hydrogens is 505 g/mol.